The van der Waals surface area contributed by atoms with Crippen LogP contribution in [0.2, 0.25) is 0 Å². The molecule has 13 rings (SSSR count). The Morgan fingerprint density at radius 1 is 0.564 bits per heavy atom. The van der Waals surface area contributed by atoms with Crippen molar-refractivity contribution in [3.63, 3.8) is 0 Å². The molecule has 9 heterocycles. The summed E-state index contributed by atoms with van der Waals surface area (Å²) in [5.74, 6) is -7.94. The summed E-state index contributed by atoms with van der Waals surface area (Å²) >= 11 is 0. The Bertz CT molecular complexity index is 4040. The molecule has 37 nitrogen and oxygen atoms in total. The Labute approximate surface area is 675 Å². The van der Waals surface area contributed by atoms with Crippen molar-refractivity contribution in [3.8, 4) is 11.5 Å². The number of carboxylic acids is 1. The highest BCUT2D eigenvalue weighted by Gasteiger charge is 2.61. The second-order valence-corrected chi connectivity index (χ2v) is 34.4. The van der Waals surface area contributed by atoms with Crippen LogP contribution in [0.1, 0.15) is 207 Å². The van der Waals surface area contributed by atoms with Crippen LogP contribution < -0.4 is 0 Å². The van der Waals surface area contributed by atoms with E-state index in [2.05, 4.69) is 10.4 Å². The van der Waals surface area contributed by atoms with Crippen LogP contribution in [-0.4, -0.2) is 304 Å². The van der Waals surface area contributed by atoms with Gasteiger partial charge in [0.2, 0.25) is 5.78 Å². The highest BCUT2D eigenvalue weighted by atomic mass is 16.8. The third kappa shape index (κ3) is 17.0. The number of ketones is 2. The van der Waals surface area contributed by atoms with Gasteiger partial charge in [-0.3, -0.25) is 14.4 Å². The van der Waals surface area contributed by atoms with Crippen molar-refractivity contribution < 1.29 is 155 Å². The van der Waals surface area contributed by atoms with E-state index >= 15 is 9.59 Å². The molecule has 0 unspecified atom stereocenters. The van der Waals surface area contributed by atoms with Crippen LogP contribution in [0.5, 0.6) is 11.5 Å². The SMILES string of the molecule is COC(=O)[C@@H]1c2cc3c(c(O)c2[C@@H](O[C@H]2C[C@@H](O)[C@@H](O[C@H]4C[C@@H](O)[C@@H](O[C@H]5C[C@](C)(N=O)[C@@H](O[C@@H]6C[C@@H](OC)[C@H](OC(=O)/C(C)=C/C(=O)O)[C@@H](C)O6)[C@H](C)O5)[C@H](C)O4)[C@@H](C)O2)C[C@@]1(C)O)C(=O)c1c(O)cc2c(c1C3=O)C[C@H]1C[C@H](N(C)C)[C@H](O[C@@H]3C[C@@H](O)[C@@H](O[C@H]4C[C@@](C)(N=O)[C@@H](O[C@H]5C[C@@H](O)[C@@H](O)[C@H](C)O5)[C@@H](C)O4)[C@H](C)O3)[C@]2(C)O1. The Hall–Kier alpha value is -6.19. The molecule has 2 bridgehead atoms. The summed E-state index contributed by atoms with van der Waals surface area (Å²) in [4.78, 5) is 96.4. The summed E-state index contributed by atoms with van der Waals surface area (Å²) in [5, 5.41) is 110. The number of methoxy groups -OCH3 is 2. The first kappa shape index (κ1) is 88.6. The van der Waals surface area contributed by atoms with E-state index in [0.29, 0.717) is 17.5 Å². The number of hydrogen-bond acceptors (Lipinski definition) is 36. The van der Waals surface area contributed by atoms with Crippen LogP contribution in [0.15, 0.2) is 34.1 Å². The van der Waals surface area contributed by atoms with E-state index in [4.69, 9.17) is 90.4 Å². The van der Waals surface area contributed by atoms with Gasteiger partial charge in [0.1, 0.15) is 82.9 Å². The number of aliphatic hydroxyl groups excluding tert-OH is 5. The number of aliphatic hydroxyl groups is 6. The second kappa shape index (κ2) is 34.3. The molecule has 0 saturated carbocycles. The lowest BCUT2D eigenvalue weighted by atomic mass is 9.66. The van der Waals surface area contributed by atoms with Gasteiger partial charge in [-0.2, -0.15) is 9.81 Å². The van der Waals surface area contributed by atoms with Crippen LogP contribution in [0.4, 0.5) is 0 Å². The number of hydrogen-bond donors (Lipinski definition) is 9. The molecule has 650 valence electrons. The lowest BCUT2D eigenvalue weighted by molar-refractivity contribution is -0.342. The highest BCUT2D eigenvalue weighted by molar-refractivity contribution is 6.31. The van der Waals surface area contributed by atoms with Gasteiger partial charge in [0, 0.05) is 92.9 Å². The molecular formula is C80H111N3O34. The molecule has 11 aliphatic rings. The van der Waals surface area contributed by atoms with Crippen molar-refractivity contribution in [2.24, 2.45) is 10.4 Å². The summed E-state index contributed by atoms with van der Waals surface area (Å²) < 4.78 is 112. The number of likely N-dealkylation sites (N-methyl/N-ethyl adjacent to an activating group) is 1. The van der Waals surface area contributed by atoms with Crippen molar-refractivity contribution in [3.05, 3.63) is 78.1 Å². The van der Waals surface area contributed by atoms with E-state index in [-0.39, 0.29) is 79.2 Å². The maximum atomic E-state index is 15.7. The van der Waals surface area contributed by atoms with Crippen molar-refractivity contribution >= 4 is 29.5 Å². The van der Waals surface area contributed by atoms with E-state index in [1.165, 1.54) is 33.1 Å². The minimum atomic E-state index is -2.04. The number of rotatable bonds is 22. The molecule has 2 aromatic rings. The van der Waals surface area contributed by atoms with Gasteiger partial charge in [-0.05, 0) is 139 Å². The number of nitroso groups, excluding NO2 is 2. The predicted octanol–water partition coefficient (Wildman–Crippen LogP) is 3.90. The van der Waals surface area contributed by atoms with E-state index in [1.807, 2.05) is 19.0 Å². The van der Waals surface area contributed by atoms with Crippen LogP contribution in [0.25, 0.3) is 0 Å². The van der Waals surface area contributed by atoms with Crippen molar-refractivity contribution in [2.75, 3.05) is 28.3 Å². The molecule has 0 radical (unpaired) electrons. The summed E-state index contributed by atoms with van der Waals surface area (Å²) in [6, 6.07) is 2.17. The average molecular weight is 1660 g/mol. The lowest BCUT2D eigenvalue weighted by Gasteiger charge is -2.55. The van der Waals surface area contributed by atoms with Gasteiger partial charge in [-0.25, -0.2) is 9.59 Å². The molecule has 0 amide bonds. The van der Waals surface area contributed by atoms with Gasteiger partial charge in [-0.15, -0.1) is 0 Å². The van der Waals surface area contributed by atoms with Crippen LogP contribution in [0.3, 0.4) is 0 Å². The number of carbonyl (C=O) groups is 5. The Morgan fingerprint density at radius 3 is 1.52 bits per heavy atom. The van der Waals surface area contributed by atoms with Gasteiger partial charge in [0.05, 0.1) is 103 Å². The number of ether oxygens (including phenoxy) is 18. The van der Waals surface area contributed by atoms with Crippen LogP contribution in [0, 0.1) is 9.81 Å². The number of carbonyl (C=O) groups excluding carboxylic acids is 4. The first-order chi connectivity index (χ1) is 55.0. The first-order valence-electron chi connectivity index (χ1n) is 40.0. The van der Waals surface area contributed by atoms with Crippen LogP contribution >= 0.6 is 0 Å². The minimum absolute atomic E-state index is 0.0382. The number of benzene rings is 2. The van der Waals surface area contributed by atoms with Crippen molar-refractivity contribution in [2.45, 2.75) is 360 Å². The zero-order valence-corrected chi connectivity index (χ0v) is 68.3. The van der Waals surface area contributed by atoms with Crippen molar-refractivity contribution in [1.29, 1.82) is 0 Å². The number of aromatic hydroxyl groups is 2. The summed E-state index contributed by atoms with van der Waals surface area (Å²) in [5.41, 5.74) is -7.76. The van der Waals surface area contributed by atoms with Gasteiger partial charge in [0.25, 0.3) is 0 Å². The molecular weight excluding hydrogens is 1550 g/mol. The highest BCUT2D eigenvalue weighted by Crippen LogP contribution is 2.57. The smallest absolute Gasteiger partial charge is 0.334 e. The second-order valence-electron chi connectivity index (χ2n) is 34.4. The Kier molecular flexibility index (Phi) is 25.9. The Balaban J connectivity index is 0.667. The van der Waals surface area contributed by atoms with Gasteiger partial charge in [0.15, 0.2) is 55.9 Å². The normalized spacial score (nSPS) is 44.1. The lowest BCUT2D eigenvalue weighted by Crippen LogP contribution is -2.63. The van der Waals surface area contributed by atoms with E-state index in [1.54, 1.807) is 69.2 Å². The Morgan fingerprint density at radius 2 is 1.03 bits per heavy atom. The molecule has 37 heteroatoms. The third-order valence-electron chi connectivity index (χ3n) is 25.4. The number of fused-ring (bicyclic) bond motifs is 8. The molecule has 117 heavy (non-hydrogen) atoms. The number of esters is 2. The average Bonchev–Trinajstić information content (AvgIpc) is 0.693. The fourth-order valence-electron chi connectivity index (χ4n) is 19.5. The van der Waals surface area contributed by atoms with Gasteiger partial charge < -0.3 is 136 Å². The number of carboxylic acid groups (broad SMARTS) is 1. The molecule has 2 aliphatic carbocycles. The fourth-order valence-corrected chi connectivity index (χ4v) is 19.5. The summed E-state index contributed by atoms with van der Waals surface area (Å²) in [6.45, 7) is 19.0. The maximum absolute atomic E-state index is 15.7. The molecule has 0 spiro atoms. The van der Waals surface area contributed by atoms with Gasteiger partial charge in [-0.1, -0.05) is 10.4 Å². The number of phenols is 2. The van der Waals surface area contributed by atoms with E-state index in [0.717, 1.165) is 13.2 Å². The minimum Gasteiger partial charge on any atom is -0.507 e. The molecule has 9 aliphatic heterocycles. The van der Waals surface area contributed by atoms with E-state index < -0.39 is 271 Å². The van der Waals surface area contributed by atoms with Crippen molar-refractivity contribution in [1.82, 2.24) is 4.90 Å². The number of nitrogens with zero attached hydrogens (tertiary/aromatic N) is 3. The number of phenolic OH excluding ortho intramolecular Hbond substituents is 2. The fraction of sp³-hybridized carbons (Fsp3) is 0.762. The molecule has 2 aromatic carbocycles. The number of aliphatic carboxylic acids is 1. The molecule has 8 saturated heterocycles. The first-order valence-corrected chi connectivity index (χ1v) is 40.0. The summed E-state index contributed by atoms with van der Waals surface area (Å²) in [6.07, 6.45) is -29.8. The molecule has 9 N–H and O–H groups in total. The molecule has 35 atom stereocenters. The zero-order valence-electron chi connectivity index (χ0n) is 68.3. The topological polar surface area (TPSA) is 496 Å². The van der Waals surface area contributed by atoms with Crippen LogP contribution in [-0.2, 0) is 112 Å². The zero-order chi connectivity index (χ0) is 85.0. The standard InChI is InChI=1S/C80H111N3O34/c1-30(17-51(89)90)75(95)116-71-35(6)106-56(26-49(71)100-15)114-73-37(8)108-58(29-78(73,10)82-99)111-69-33(4)104-53(24-47(69)87)110-68-32(3)103-52(23-46(68)86)109-50-27-79(11,97)63(76(96)101-16)40-20-41-61(66(93)59(40)50)67(94)62-44(84)21-42-39(60(62)65(41)92)18-38-19-43(83(13)14)74(80(42,12)117-38)115-55-25-48(88)70(34(5)105-55)112-57-28-77(9,81-98)72(36(7)107-57)113-54-22-45(85)64(91)31(2)102-54/h17,20-21,31-38,43,45-50,52-58,63-64,68-74,84-88,91,93,97H,18-19,22-29H2,1-16H3,(H,89,90)/b30-17+/t31-,32+,33-,34-,35+,36+,37-,38-,43-,45+,46+,47+,48+,49+,50-,52-,53-,54-,55+,56+,57-,58-,63-,64-,68-,69-,70-,71+,72-,73-,74-,77+,78-,79+,80+/m0/s1. The largest absolute Gasteiger partial charge is 0.507 e. The molecule has 8 fully saturated rings. The monoisotopic (exact) mass is 1660 g/mol. The summed E-state index contributed by atoms with van der Waals surface area (Å²) in [7, 11) is 6.21. The van der Waals surface area contributed by atoms with Gasteiger partial charge >= 0.3 is 17.9 Å². The molecule has 0 aromatic heterocycles. The van der Waals surface area contributed by atoms with E-state index in [9.17, 15) is 65.0 Å². The predicted molar refractivity (Wildman–Crippen MR) is 397 cm³/mol. The maximum Gasteiger partial charge on any atom is 0.334 e. The quantitative estimate of drug-likeness (QED) is 0.0391. The third-order valence-corrected chi connectivity index (χ3v) is 25.4.